The molecular formula is C13H26. The Morgan fingerprint density at radius 3 is 2.00 bits per heavy atom. The number of allylic oxidation sites excluding steroid dienone is 2. The van der Waals surface area contributed by atoms with Gasteiger partial charge < -0.3 is 0 Å². The molecular weight excluding hydrogens is 156 g/mol. The second kappa shape index (κ2) is 6.23. The molecule has 0 heterocycles. The summed E-state index contributed by atoms with van der Waals surface area (Å²) in [5.74, 6) is 0.797. The van der Waals surface area contributed by atoms with Gasteiger partial charge in [-0.3, -0.25) is 0 Å². The fourth-order valence-corrected chi connectivity index (χ4v) is 1.27. The SMILES string of the molecule is CCC(C)(CC)C/C=C/CC(C)C. The lowest BCUT2D eigenvalue weighted by Gasteiger charge is -2.24. The van der Waals surface area contributed by atoms with E-state index in [1.165, 1.54) is 25.7 Å². The monoisotopic (exact) mass is 182 g/mol. The van der Waals surface area contributed by atoms with Crippen LogP contribution in [-0.4, -0.2) is 0 Å². The van der Waals surface area contributed by atoms with E-state index < -0.39 is 0 Å². The van der Waals surface area contributed by atoms with Crippen molar-refractivity contribution in [3.8, 4) is 0 Å². The molecule has 0 saturated heterocycles. The Hall–Kier alpha value is -0.260. The van der Waals surface area contributed by atoms with Crippen LogP contribution in [-0.2, 0) is 0 Å². The predicted molar refractivity (Wildman–Crippen MR) is 61.9 cm³/mol. The average molecular weight is 182 g/mol. The maximum absolute atomic E-state index is 2.38. The molecule has 0 aromatic carbocycles. The molecule has 0 bridgehead atoms. The van der Waals surface area contributed by atoms with Crippen molar-refractivity contribution >= 4 is 0 Å². The summed E-state index contributed by atoms with van der Waals surface area (Å²) >= 11 is 0. The molecule has 0 fully saturated rings. The molecule has 0 atom stereocenters. The zero-order valence-electron chi connectivity index (χ0n) is 10.1. The highest BCUT2D eigenvalue weighted by Crippen LogP contribution is 2.29. The normalized spacial score (nSPS) is 13.1. The van der Waals surface area contributed by atoms with Gasteiger partial charge in [0.25, 0.3) is 0 Å². The molecule has 78 valence electrons. The topological polar surface area (TPSA) is 0 Å². The molecule has 0 aromatic rings. The van der Waals surface area contributed by atoms with Gasteiger partial charge in [-0.1, -0.05) is 59.6 Å². The Morgan fingerprint density at radius 2 is 1.62 bits per heavy atom. The molecule has 0 rings (SSSR count). The van der Waals surface area contributed by atoms with E-state index >= 15 is 0 Å². The standard InChI is InChI=1S/C13H26/c1-6-13(5,7-2)11-9-8-10-12(3)4/h8-9,12H,6-7,10-11H2,1-5H3/b9-8+. The Kier molecular flexibility index (Phi) is 6.11. The van der Waals surface area contributed by atoms with Gasteiger partial charge in [0.1, 0.15) is 0 Å². The lowest BCUT2D eigenvalue weighted by atomic mass is 9.81. The van der Waals surface area contributed by atoms with E-state index in [9.17, 15) is 0 Å². The molecule has 0 saturated carbocycles. The summed E-state index contributed by atoms with van der Waals surface area (Å²) in [5.41, 5.74) is 0.535. The van der Waals surface area contributed by atoms with Gasteiger partial charge in [0.2, 0.25) is 0 Å². The zero-order valence-corrected chi connectivity index (χ0v) is 10.1. The summed E-state index contributed by atoms with van der Waals surface area (Å²) in [6, 6.07) is 0. The zero-order chi connectivity index (χ0) is 10.3. The van der Waals surface area contributed by atoms with E-state index in [1.54, 1.807) is 0 Å². The first-order valence-electron chi connectivity index (χ1n) is 5.69. The Bertz CT molecular complexity index is 138. The van der Waals surface area contributed by atoms with Crippen LogP contribution < -0.4 is 0 Å². The number of rotatable bonds is 6. The quantitative estimate of drug-likeness (QED) is 0.517. The van der Waals surface area contributed by atoms with E-state index in [0.29, 0.717) is 5.41 Å². The van der Waals surface area contributed by atoms with Gasteiger partial charge >= 0.3 is 0 Å². The molecule has 0 aliphatic rings. The summed E-state index contributed by atoms with van der Waals surface area (Å²) in [7, 11) is 0. The maximum atomic E-state index is 2.38. The van der Waals surface area contributed by atoms with E-state index in [-0.39, 0.29) is 0 Å². The fourth-order valence-electron chi connectivity index (χ4n) is 1.27. The van der Waals surface area contributed by atoms with Crippen LogP contribution in [0.5, 0.6) is 0 Å². The molecule has 0 spiro atoms. The van der Waals surface area contributed by atoms with Crippen molar-refractivity contribution in [1.29, 1.82) is 0 Å². The second-order valence-corrected chi connectivity index (χ2v) is 4.82. The second-order valence-electron chi connectivity index (χ2n) is 4.82. The van der Waals surface area contributed by atoms with Gasteiger partial charge in [0, 0.05) is 0 Å². The summed E-state index contributed by atoms with van der Waals surface area (Å²) in [4.78, 5) is 0. The largest absolute Gasteiger partial charge is 0.0883 e. The van der Waals surface area contributed by atoms with Crippen LogP contribution in [0.3, 0.4) is 0 Å². The minimum Gasteiger partial charge on any atom is -0.0883 e. The predicted octanol–water partition coefficient (Wildman–Crippen LogP) is 4.81. The van der Waals surface area contributed by atoms with Crippen molar-refractivity contribution in [2.75, 3.05) is 0 Å². The van der Waals surface area contributed by atoms with Crippen LogP contribution in [0.4, 0.5) is 0 Å². The Balaban J connectivity index is 3.78. The molecule has 0 unspecified atom stereocenters. The first-order chi connectivity index (χ1) is 6.04. The maximum Gasteiger partial charge on any atom is -0.0297 e. The molecule has 0 aliphatic carbocycles. The molecule has 0 N–H and O–H groups in total. The van der Waals surface area contributed by atoms with E-state index in [4.69, 9.17) is 0 Å². The van der Waals surface area contributed by atoms with Gasteiger partial charge in [-0.2, -0.15) is 0 Å². The van der Waals surface area contributed by atoms with Gasteiger partial charge in [0.05, 0.1) is 0 Å². The van der Waals surface area contributed by atoms with Crippen molar-refractivity contribution in [3.63, 3.8) is 0 Å². The lowest BCUT2D eigenvalue weighted by molar-refractivity contribution is 0.302. The van der Waals surface area contributed by atoms with Crippen molar-refractivity contribution in [1.82, 2.24) is 0 Å². The fraction of sp³-hybridized carbons (Fsp3) is 0.846. The van der Waals surface area contributed by atoms with Crippen LogP contribution in [0.1, 0.15) is 60.3 Å². The smallest absolute Gasteiger partial charge is 0.0297 e. The average Bonchev–Trinajstić information content (AvgIpc) is 2.12. The van der Waals surface area contributed by atoms with E-state index in [1.807, 2.05) is 0 Å². The van der Waals surface area contributed by atoms with Gasteiger partial charge in [-0.05, 0) is 24.2 Å². The van der Waals surface area contributed by atoms with E-state index in [0.717, 1.165) is 5.92 Å². The summed E-state index contributed by atoms with van der Waals surface area (Å²) in [6.45, 7) is 11.5. The van der Waals surface area contributed by atoms with Crippen LogP contribution in [0, 0.1) is 11.3 Å². The highest BCUT2D eigenvalue weighted by atomic mass is 14.2. The highest BCUT2D eigenvalue weighted by molar-refractivity contribution is 4.88. The molecule has 0 radical (unpaired) electrons. The summed E-state index contributed by atoms with van der Waals surface area (Å²) in [6.07, 6.45) is 9.75. The Morgan fingerprint density at radius 1 is 1.08 bits per heavy atom. The number of hydrogen-bond donors (Lipinski definition) is 0. The number of hydrogen-bond acceptors (Lipinski definition) is 0. The molecule has 0 aromatic heterocycles. The van der Waals surface area contributed by atoms with Gasteiger partial charge in [-0.15, -0.1) is 0 Å². The van der Waals surface area contributed by atoms with Gasteiger partial charge in [0.15, 0.2) is 0 Å². The summed E-state index contributed by atoms with van der Waals surface area (Å²) in [5, 5.41) is 0. The first-order valence-corrected chi connectivity index (χ1v) is 5.69. The third-order valence-corrected chi connectivity index (χ3v) is 3.09. The van der Waals surface area contributed by atoms with Gasteiger partial charge in [-0.25, -0.2) is 0 Å². The minimum absolute atomic E-state index is 0.535. The molecule has 0 aliphatic heterocycles. The van der Waals surface area contributed by atoms with Crippen LogP contribution in [0.2, 0.25) is 0 Å². The Labute approximate surface area is 84.4 Å². The van der Waals surface area contributed by atoms with Crippen molar-refractivity contribution < 1.29 is 0 Å². The van der Waals surface area contributed by atoms with Crippen molar-refractivity contribution in [3.05, 3.63) is 12.2 Å². The first kappa shape index (κ1) is 12.7. The van der Waals surface area contributed by atoms with Crippen molar-refractivity contribution in [2.24, 2.45) is 11.3 Å². The molecule has 0 nitrogen and oxygen atoms in total. The highest BCUT2D eigenvalue weighted by Gasteiger charge is 2.16. The minimum atomic E-state index is 0.535. The molecule has 13 heavy (non-hydrogen) atoms. The van der Waals surface area contributed by atoms with Crippen molar-refractivity contribution in [2.45, 2.75) is 60.3 Å². The van der Waals surface area contributed by atoms with Crippen LogP contribution in [0.25, 0.3) is 0 Å². The lowest BCUT2D eigenvalue weighted by Crippen LogP contribution is -2.11. The third kappa shape index (κ3) is 5.90. The summed E-state index contributed by atoms with van der Waals surface area (Å²) < 4.78 is 0. The molecule has 0 heteroatoms. The van der Waals surface area contributed by atoms with Crippen LogP contribution >= 0.6 is 0 Å². The molecule has 0 amide bonds. The van der Waals surface area contributed by atoms with Crippen LogP contribution in [0.15, 0.2) is 12.2 Å². The van der Waals surface area contributed by atoms with E-state index in [2.05, 4.69) is 46.8 Å². The third-order valence-electron chi connectivity index (χ3n) is 3.09.